The number of fused-ring (bicyclic) bond motifs is 1. The zero-order chi connectivity index (χ0) is 18.4. The number of imide groups is 1. The van der Waals surface area contributed by atoms with E-state index in [0.29, 0.717) is 11.9 Å². The molecule has 2 amide bonds. The summed E-state index contributed by atoms with van der Waals surface area (Å²) in [5, 5.41) is 2.34. The largest absolute Gasteiger partial charge is 0.380 e. The topological polar surface area (TPSA) is 85.6 Å². The molecule has 8 nitrogen and oxygen atoms in total. The van der Waals surface area contributed by atoms with Crippen molar-refractivity contribution in [2.45, 2.75) is 31.4 Å². The number of carbonyl (C=O) groups excluding carboxylic acids is 2. The molecule has 8 heteroatoms. The number of rotatable bonds is 3. The summed E-state index contributed by atoms with van der Waals surface area (Å²) < 4.78 is 8.56. The minimum Gasteiger partial charge on any atom is -0.380 e. The molecule has 1 aromatic carbocycles. The van der Waals surface area contributed by atoms with Gasteiger partial charge in [-0.2, -0.15) is 0 Å². The van der Waals surface area contributed by atoms with Crippen LogP contribution in [0.4, 0.5) is 5.69 Å². The average molecular weight is 358 g/mol. The molecule has 0 saturated carbocycles. The Hall–Kier alpha value is -2.61. The summed E-state index contributed by atoms with van der Waals surface area (Å²) >= 11 is 0. The third kappa shape index (κ3) is 2.52. The van der Waals surface area contributed by atoms with Gasteiger partial charge in [0, 0.05) is 33.7 Å². The van der Waals surface area contributed by atoms with E-state index in [1.165, 1.54) is 4.57 Å². The lowest BCUT2D eigenvalue weighted by molar-refractivity contribution is -0.135. The number of hydrogen-bond acceptors (Lipinski definition) is 5. The van der Waals surface area contributed by atoms with Gasteiger partial charge in [0.1, 0.15) is 6.04 Å². The van der Waals surface area contributed by atoms with Gasteiger partial charge in [-0.15, -0.1) is 0 Å². The maximum atomic E-state index is 12.9. The minimum atomic E-state index is -0.663. The summed E-state index contributed by atoms with van der Waals surface area (Å²) in [6.45, 7) is 1.63. The number of amides is 2. The van der Waals surface area contributed by atoms with Gasteiger partial charge in [0.2, 0.25) is 11.8 Å². The second kappa shape index (κ2) is 6.28. The minimum absolute atomic E-state index is 0.180. The number of carbonyl (C=O) groups is 2. The first-order chi connectivity index (χ1) is 12.5. The van der Waals surface area contributed by atoms with Crippen molar-refractivity contribution in [2.24, 2.45) is 7.05 Å². The fourth-order valence-electron chi connectivity index (χ4n) is 4.04. The maximum absolute atomic E-state index is 12.9. The van der Waals surface area contributed by atoms with Crippen molar-refractivity contribution in [2.75, 3.05) is 25.1 Å². The number of piperidine rings is 1. The van der Waals surface area contributed by atoms with Crippen LogP contribution in [0.2, 0.25) is 0 Å². The van der Waals surface area contributed by atoms with Crippen LogP contribution in [-0.2, 0) is 21.4 Å². The molecule has 0 aliphatic carbocycles. The highest BCUT2D eigenvalue weighted by atomic mass is 16.5. The number of benzene rings is 1. The molecule has 4 rings (SSSR count). The van der Waals surface area contributed by atoms with Crippen LogP contribution < -0.4 is 15.9 Å². The van der Waals surface area contributed by atoms with Crippen LogP contribution >= 0.6 is 0 Å². The van der Waals surface area contributed by atoms with Crippen molar-refractivity contribution in [1.82, 2.24) is 14.5 Å². The first-order valence-corrected chi connectivity index (χ1v) is 8.82. The Morgan fingerprint density at radius 1 is 1.19 bits per heavy atom. The van der Waals surface area contributed by atoms with Gasteiger partial charge in [-0.25, -0.2) is 4.79 Å². The number of nitrogens with zero attached hydrogens (tertiary/aromatic N) is 3. The van der Waals surface area contributed by atoms with Crippen molar-refractivity contribution in [3.05, 3.63) is 28.7 Å². The quantitative estimate of drug-likeness (QED) is 0.810. The van der Waals surface area contributed by atoms with Gasteiger partial charge in [0.25, 0.3) is 0 Å². The number of ether oxygens (including phenoxy) is 1. The van der Waals surface area contributed by atoms with Crippen molar-refractivity contribution < 1.29 is 14.3 Å². The van der Waals surface area contributed by atoms with E-state index in [1.54, 1.807) is 18.7 Å². The van der Waals surface area contributed by atoms with E-state index >= 15 is 0 Å². The van der Waals surface area contributed by atoms with E-state index in [4.69, 9.17) is 4.74 Å². The Morgan fingerprint density at radius 2 is 2.00 bits per heavy atom. The molecule has 1 N–H and O–H groups in total. The highest BCUT2D eigenvalue weighted by Gasteiger charge is 2.32. The van der Waals surface area contributed by atoms with Crippen molar-refractivity contribution >= 4 is 28.5 Å². The highest BCUT2D eigenvalue weighted by molar-refractivity contribution is 6.00. The molecule has 2 fully saturated rings. The standard InChI is InChI=1S/C18H22N4O4/c1-20-16-12(21-9-8-11(10-21)26-2)4-3-5-13(16)22(18(20)25)14-6-7-15(23)19-17(14)24/h3-5,11,14H,6-10H2,1-2H3,(H,19,23,24)/t11-,14?/m1/s1. The van der Waals surface area contributed by atoms with E-state index in [-0.39, 0.29) is 24.1 Å². The number of aromatic nitrogens is 2. The van der Waals surface area contributed by atoms with Gasteiger partial charge in [-0.05, 0) is 25.0 Å². The van der Waals surface area contributed by atoms with Crippen LogP contribution in [0.5, 0.6) is 0 Å². The number of methoxy groups -OCH3 is 1. The van der Waals surface area contributed by atoms with Crippen LogP contribution in [0, 0.1) is 0 Å². The second-order valence-corrected chi connectivity index (χ2v) is 6.92. The molecule has 2 saturated heterocycles. The lowest BCUT2D eigenvalue weighted by atomic mass is 10.1. The summed E-state index contributed by atoms with van der Waals surface area (Å²) in [5.41, 5.74) is 2.24. The third-order valence-electron chi connectivity index (χ3n) is 5.42. The summed E-state index contributed by atoms with van der Waals surface area (Å²) in [6.07, 6.45) is 1.69. The number of para-hydroxylation sites is 1. The SMILES string of the molecule is CO[C@@H]1CCN(c2cccc3c2n(C)c(=O)n3C2CCC(=O)NC2=O)C1. The molecule has 3 heterocycles. The fraction of sp³-hybridized carbons (Fsp3) is 0.500. The Balaban J connectivity index is 1.83. The Labute approximate surface area is 150 Å². The predicted molar refractivity (Wildman–Crippen MR) is 96.2 cm³/mol. The summed E-state index contributed by atoms with van der Waals surface area (Å²) in [4.78, 5) is 38.9. The summed E-state index contributed by atoms with van der Waals surface area (Å²) in [7, 11) is 3.43. The Morgan fingerprint density at radius 3 is 2.69 bits per heavy atom. The number of hydrogen-bond donors (Lipinski definition) is 1. The molecule has 2 aliphatic rings. The van der Waals surface area contributed by atoms with Gasteiger partial charge in [0.05, 0.1) is 22.8 Å². The first kappa shape index (κ1) is 16.8. The zero-order valence-electron chi connectivity index (χ0n) is 14.9. The highest BCUT2D eigenvalue weighted by Crippen LogP contribution is 2.31. The predicted octanol–water partition coefficient (Wildman–Crippen LogP) is 0.543. The molecule has 2 atom stereocenters. The number of nitrogens with one attached hydrogen (secondary N) is 1. The summed E-state index contributed by atoms with van der Waals surface area (Å²) in [6, 6.07) is 5.09. The van der Waals surface area contributed by atoms with E-state index in [2.05, 4.69) is 10.2 Å². The molecule has 0 bridgehead atoms. The van der Waals surface area contributed by atoms with Gasteiger partial charge in [0.15, 0.2) is 0 Å². The van der Waals surface area contributed by atoms with E-state index < -0.39 is 11.9 Å². The molecule has 2 aliphatic heterocycles. The molecule has 1 unspecified atom stereocenters. The van der Waals surface area contributed by atoms with Crippen molar-refractivity contribution in [3.8, 4) is 0 Å². The zero-order valence-corrected chi connectivity index (χ0v) is 14.9. The van der Waals surface area contributed by atoms with E-state index in [9.17, 15) is 14.4 Å². The monoisotopic (exact) mass is 358 g/mol. The molecule has 1 aromatic heterocycles. The van der Waals surface area contributed by atoms with E-state index in [1.807, 2.05) is 18.2 Å². The normalized spacial score (nSPS) is 23.7. The molecular formula is C18H22N4O4. The lowest BCUT2D eigenvalue weighted by Gasteiger charge is -2.22. The number of imidazole rings is 1. The van der Waals surface area contributed by atoms with Crippen molar-refractivity contribution in [1.29, 1.82) is 0 Å². The summed E-state index contributed by atoms with van der Waals surface area (Å²) in [5.74, 6) is -0.704. The molecule has 0 radical (unpaired) electrons. The van der Waals surface area contributed by atoms with Crippen LogP contribution in [0.1, 0.15) is 25.3 Å². The molecular weight excluding hydrogens is 336 g/mol. The average Bonchev–Trinajstić information content (AvgIpc) is 3.20. The van der Waals surface area contributed by atoms with Gasteiger partial charge < -0.3 is 9.64 Å². The Bertz CT molecular complexity index is 945. The smallest absolute Gasteiger partial charge is 0.329 e. The lowest BCUT2D eigenvalue weighted by Crippen LogP contribution is -2.44. The van der Waals surface area contributed by atoms with Gasteiger partial charge in [-0.1, -0.05) is 6.07 Å². The Kier molecular flexibility index (Phi) is 4.07. The van der Waals surface area contributed by atoms with Crippen LogP contribution in [0.25, 0.3) is 11.0 Å². The van der Waals surface area contributed by atoms with Crippen molar-refractivity contribution in [3.63, 3.8) is 0 Å². The third-order valence-corrected chi connectivity index (χ3v) is 5.42. The second-order valence-electron chi connectivity index (χ2n) is 6.92. The van der Waals surface area contributed by atoms with Crippen LogP contribution in [0.15, 0.2) is 23.0 Å². The fourth-order valence-corrected chi connectivity index (χ4v) is 4.04. The van der Waals surface area contributed by atoms with E-state index in [0.717, 1.165) is 30.7 Å². The molecule has 2 aromatic rings. The van der Waals surface area contributed by atoms with Crippen LogP contribution in [-0.4, -0.2) is 47.3 Å². The maximum Gasteiger partial charge on any atom is 0.329 e. The first-order valence-electron chi connectivity index (χ1n) is 8.82. The number of anilines is 1. The number of aryl methyl sites for hydroxylation is 1. The van der Waals surface area contributed by atoms with Crippen LogP contribution in [0.3, 0.4) is 0 Å². The molecule has 138 valence electrons. The van der Waals surface area contributed by atoms with Gasteiger partial charge in [-0.3, -0.25) is 24.0 Å². The molecule has 26 heavy (non-hydrogen) atoms. The molecule has 0 spiro atoms. The van der Waals surface area contributed by atoms with Gasteiger partial charge >= 0.3 is 5.69 Å².